The molecule has 2 aromatic rings. The van der Waals surface area contributed by atoms with Crippen molar-refractivity contribution >= 4 is 34.9 Å². The van der Waals surface area contributed by atoms with Crippen molar-refractivity contribution in [3.63, 3.8) is 0 Å². The Morgan fingerprint density at radius 2 is 1.88 bits per heavy atom. The van der Waals surface area contributed by atoms with E-state index in [1.165, 1.54) is 9.79 Å². The summed E-state index contributed by atoms with van der Waals surface area (Å²) < 4.78 is 5.93. The predicted octanol–water partition coefficient (Wildman–Crippen LogP) is 4.35. The van der Waals surface area contributed by atoms with Crippen LogP contribution in [0.5, 0.6) is 5.75 Å². The van der Waals surface area contributed by atoms with Crippen molar-refractivity contribution in [2.45, 2.75) is 15.2 Å². The Bertz CT molecular complexity index is 466. The quantitative estimate of drug-likeness (QED) is 0.799. The predicted molar refractivity (Wildman–Crippen MR) is 71.8 cm³/mol. The van der Waals surface area contributed by atoms with Crippen LogP contribution in [0, 0.1) is 0 Å². The molecule has 3 rings (SSSR count). The number of hydrogen-bond donors (Lipinski definition) is 0. The summed E-state index contributed by atoms with van der Waals surface area (Å²) in [4.78, 5) is 2.77. The summed E-state index contributed by atoms with van der Waals surface area (Å²) >= 11 is 5.48. The van der Waals surface area contributed by atoms with Gasteiger partial charge in [-0.05, 0) is 12.1 Å². The number of benzene rings is 1. The Morgan fingerprint density at radius 1 is 1.06 bits per heavy atom. The van der Waals surface area contributed by atoms with Crippen LogP contribution in [0.25, 0.3) is 0 Å². The van der Waals surface area contributed by atoms with Crippen LogP contribution in [-0.4, -0.2) is 11.2 Å². The lowest BCUT2D eigenvalue weighted by molar-refractivity contribution is 0.311. The van der Waals surface area contributed by atoms with Crippen LogP contribution < -0.4 is 4.74 Å². The summed E-state index contributed by atoms with van der Waals surface area (Å²) in [5, 5.41) is 4.42. The number of thiophene rings is 1. The van der Waals surface area contributed by atoms with Gasteiger partial charge in [0, 0.05) is 26.3 Å². The monoisotopic (exact) mass is 266 g/mol. The van der Waals surface area contributed by atoms with E-state index in [9.17, 15) is 0 Å². The maximum Gasteiger partial charge on any atom is 0.158 e. The highest BCUT2D eigenvalue weighted by Gasteiger charge is 2.21. The van der Waals surface area contributed by atoms with Gasteiger partial charge in [-0.1, -0.05) is 30.0 Å². The molecule has 0 radical (unpaired) electrons. The number of hydrogen-bond acceptors (Lipinski definition) is 4. The van der Waals surface area contributed by atoms with E-state index in [-0.39, 0.29) is 5.44 Å². The Hall–Kier alpha value is -0.580. The van der Waals surface area contributed by atoms with E-state index >= 15 is 0 Å². The van der Waals surface area contributed by atoms with Crippen molar-refractivity contribution in [2.75, 3.05) is 5.75 Å². The molecule has 82 valence electrons. The molecule has 0 aliphatic carbocycles. The lowest BCUT2D eigenvalue weighted by Crippen LogP contribution is -2.17. The van der Waals surface area contributed by atoms with Gasteiger partial charge in [0.25, 0.3) is 0 Å². The Kier molecular flexibility index (Phi) is 3.13. The fourth-order valence-electron chi connectivity index (χ4n) is 1.51. The summed E-state index contributed by atoms with van der Waals surface area (Å²) in [6.07, 6.45) is 0. The van der Waals surface area contributed by atoms with Crippen molar-refractivity contribution in [1.82, 2.24) is 0 Å². The van der Waals surface area contributed by atoms with Crippen LogP contribution in [0.1, 0.15) is 0 Å². The van der Waals surface area contributed by atoms with Crippen LogP contribution in [0.4, 0.5) is 0 Å². The maximum absolute atomic E-state index is 5.93. The molecular formula is C12H10OS3. The number of ether oxygens (including phenoxy) is 1. The molecule has 1 aromatic carbocycles. The molecule has 2 heterocycles. The SMILES string of the molecule is c1ccc(OC2CSc3cscc3S2)cc1. The van der Waals surface area contributed by atoms with Crippen LogP contribution >= 0.6 is 34.9 Å². The number of rotatable bonds is 2. The fourth-order valence-corrected chi connectivity index (χ4v) is 5.05. The highest BCUT2D eigenvalue weighted by Crippen LogP contribution is 2.43. The van der Waals surface area contributed by atoms with Gasteiger partial charge >= 0.3 is 0 Å². The minimum Gasteiger partial charge on any atom is -0.479 e. The molecule has 0 saturated carbocycles. The second kappa shape index (κ2) is 4.73. The fraction of sp³-hybridized carbons (Fsp3) is 0.167. The molecule has 0 fully saturated rings. The highest BCUT2D eigenvalue weighted by atomic mass is 32.2. The molecule has 4 heteroatoms. The molecule has 1 unspecified atom stereocenters. The Labute approximate surface area is 107 Å². The normalized spacial score (nSPS) is 19.1. The van der Waals surface area contributed by atoms with Gasteiger partial charge in [0.2, 0.25) is 0 Å². The van der Waals surface area contributed by atoms with Gasteiger partial charge in [0.15, 0.2) is 5.44 Å². The van der Waals surface area contributed by atoms with E-state index in [0.29, 0.717) is 0 Å². The minimum atomic E-state index is 0.231. The molecule has 0 N–H and O–H groups in total. The third-order valence-electron chi connectivity index (χ3n) is 2.24. The van der Waals surface area contributed by atoms with Crippen molar-refractivity contribution in [3.05, 3.63) is 41.1 Å². The standard InChI is InChI=1S/C12H10OS3/c1-2-4-9(5-3-1)13-12-8-15-10-6-14-7-11(10)16-12/h1-7,12H,8H2. The van der Waals surface area contributed by atoms with Crippen molar-refractivity contribution in [1.29, 1.82) is 0 Å². The first-order chi connectivity index (χ1) is 7.92. The number of fused-ring (bicyclic) bond motifs is 1. The van der Waals surface area contributed by atoms with Crippen LogP contribution in [0.2, 0.25) is 0 Å². The molecule has 16 heavy (non-hydrogen) atoms. The van der Waals surface area contributed by atoms with Gasteiger partial charge in [-0.2, -0.15) is 11.3 Å². The van der Waals surface area contributed by atoms with Gasteiger partial charge in [0.1, 0.15) is 5.75 Å². The molecule has 0 spiro atoms. The summed E-state index contributed by atoms with van der Waals surface area (Å²) in [7, 11) is 0. The highest BCUT2D eigenvalue weighted by molar-refractivity contribution is 8.06. The van der Waals surface area contributed by atoms with Crippen LogP contribution in [-0.2, 0) is 0 Å². The van der Waals surface area contributed by atoms with Crippen molar-refractivity contribution in [3.8, 4) is 5.75 Å². The van der Waals surface area contributed by atoms with Gasteiger partial charge in [-0.3, -0.25) is 0 Å². The summed E-state index contributed by atoms with van der Waals surface area (Å²) in [5.74, 6) is 1.97. The van der Waals surface area contributed by atoms with Crippen molar-refractivity contribution < 1.29 is 4.74 Å². The summed E-state index contributed by atoms with van der Waals surface area (Å²) in [6.45, 7) is 0. The zero-order valence-corrected chi connectivity index (χ0v) is 10.9. The summed E-state index contributed by atoms with van der Waals surface area (Å²) in [5.41, 5.74) is 0.231. The second-order valence-electron chi connectivity index (χ2n) is 3.39. The molecule has 0 saturated heterocycles. The summed E-state index contributed by atoms with van der Waals surface area (Å²) in [6, 6.07) is 10.0. The molecule has 1 aliphatic heterocycles. The molecule has 1 aliphatic rings. The zero-order chi connectivity index (χ0) is 10.8. The van der Waals surface area contributed by atoms with Crippen LogP contribution in [0.3, 0.4) is 0 Å². The Balaban J connectivity index is 1.71. The van der Waals surface area contributed by atoms with Gasteiger partial charge in [-0.15, -0.1) is 11.8 Å². The molecule has 0 bridgehead atoms. The molecular weight excluding hydrogens is 256 g/mol. The van der Waals surface area contributed by atoms with Crippen LogP contribution in [0.15, 0.2) is 50.9 Å². The van der Waals surface area contributed by atoms with Gasteiger partial charge in [-0.25, -0.2) is 0 Å². The first-order valence-electron chi connectivity index (χ1n) is 4.99. The first-order valence-corrected chi connectivity index (χ1v) is 7.80. The molecule has 1 atom stereocenters. The molecule has 0 amide bonds. The molecule has 1 nitrogen and oxygen atoms in total. The average molecular weight is 266 g/mol. The van der Waals surface area contributed by atoms with E-state index in [2.05, 4.69) is 10.8 Å². The zero-order valence-electron chi connectivity index (χ0n) is 8.46. The topological polar surface area (TPSA) is 9.23 Å². The Morgan fingerprint density at radius 3 is 2.75 bits per heavy atom. The maximum atomic E-state index is 5.93. The van der Waals surface area contributed by atoms with E-state index in [0.717, 1.165) is 11.5 Å². The second-order valence-corrected chi connectivity index (χ2v) is 6.40. The lowest BCUT2D eigenvalue weighted by atomic mass is 10.3. The smallest absolute Gasteiger partial charge is 0.158 e. The number of thioether (sulfide) groups is 2. The molecule has 1 aromatic heterocycles. The van der Waals surface area contributed by atoms with E-state index < -0.39 is 0 Å². The van der Waals surface area contributed by atoms with Gasteiger partial charge in [0.05, 0.1) is 0 Å². The largest absolute Gasteiger partial charge is 0.479 e. The van der Waals surface area contributed by atoms with E-state index in [4.69, 9.17) is 4.74 Å². The minimum absolute atomic E-state index is 0.231. The number of para-hydroxylation sites is 1. The lowest BCUT2D eigenvalue weighted by Gasteiger charge is -2.22. The van der Waals surface area contributed by atoms with E-state index in [1.807, 2.05) is 53.9 Å². The third kappa shape index (κ3) is 2.24. The van der Waals surface area contributed by atoms with Crippen molar-refractivity contribution in [2.24, 2.45) is 0 Å². The average Bonchev–Trinajstić information content (AvgIpc) is 2.77. The first kappa shape index (κ1) is 10.6. The third-order valence-corrected chi connectivity index (χ3v) is 5.85. The van der Waals surface area contributed by atoms with E-state index in [1.54, 1.807) is 11.3 Å². The van der Waals surface area contributed by atoms with Gasteiger partial charge < -0.3 is 4.74 Å².